The first-order valence-electron chi connectivity index (χ1n) is 8.10. The van der Waals surface area contributed by atoms with Gasteiger partial charge < -0.3 is 19.1 Å². The van der Waals surface area contributed by atoms with E-state index in [-0.39, 0.29) is 25.2 Å². The number of aromatic nitrogens is 1. The molecule has 0 saturated carbocycles. The predicted molar refractivity (Wildman–Crippen MR) is 96.5 cm³/mol. The molecule has 0 N–H and O–H groups in total. The van der Waals surface area contributed by atoms with Crippen molar-refractivity contribution in [2.45, 2.75) is 13.0 Å². The summed E-state index contributed by atoms with van der Waals surface area (Å²) in [5.41, 5.74) is 1.17. The summed E-state index contributed by atoms with van der Waals surface area (Å²) in [6.07, 6.45) is 1.78. The van der Waals surface area contributed by atoms with Gasteiger partial charge in [-0.3, -0.25) is 4.79 Å². The van der Waals surface area contributed by atoms with Crippen LogP contribution in [0.15, 0.2) is 24.4 Å². The Labute approximate surface area is 155 Å². The fourth-order valence-corrected chi connectivity index (χ4v) is 3.33. The van der Waals surface area contributed by atoms with Crippen LogP contribution in [-0.2, 0) is 14.3 Å². The van der Waals surface area contributed by atoms with E-state index in [0.29, 0.717) is 17.9 Å². The minimum absolute atomic E-state index is 0.0767. The lowest BCUT2D eigenvalue weighted by molar-refractivity contribution is -0.147. The predicted octanol–water partition coefficient (Wildman–Crippen LogP) is 2.14. The number of hydrogen-bond acceptors (Lipinski definition) is 7. The van der Waals surface area contributed by atoms with Crippen molar-refractivity contribution in [2.75, 3.05) is 34.0 Å². The zero-order valence-electron chi connectivity index (χ0n) is 14.9. The number of carbonyl (C=O) groups excluding carboxylic acids is 2. The second kappa shape index (κ2) is 7.84. The van der Waals surface area contributed by atoms with Gasteiger partial charge in [-0.1, -0.05) is 0 Å². The maximum absolute atomic E-state index is 12.0. The molecule has 1 aliphatic rings. The third-order valence-corrected chi connectivity index (χ3v) is 5.08. The number of esters is 1. The van der Waals surface area contributed by atoms with Crippen molar-refractivity contribution >= 4 is 23.2 Å². The minimum atomic E-state index is -0.446. The topological polar surface area (TPSA) is 78.0 Å². The monoisotopic (exact) mass is 376 g/mol. The Morgan fingerprint density at radius 1 is 1.42 bits per heavy atom. The molecule has 1 amide bonds. The summed E-state index contributed by atoms with van der Waals surface area (Å²) in [6.45, 7) is 2.75. The standard InChI is InChI=1S/C18H20N2O5S/c1-11-7-19-17(26-11)12-4-13(18(22)23-3)6-15(5-12)25-9-14-8-24-10-16(21)20(14)2/h4-7,14H,8-10H2,1-3H3/t14-/m0/s1. The van der Waals surface area contributed by atoms with Crippen LogP contribution in [0.1, 0.15) is 15.2 Å². The first kappa shape index (κ1) is 18.3. The van der Waals surface area contributed by atoms with Crippen LogP contribution in [-0.4, -0.2) is 61.8 Å². The second-order valence-electron chi connectivity index (χ2n) is 6.00. The summed E-state index contributed by atoms with van der Waals surface area (Å²) in [7, 11) is 3.07. The van der Waals surface area contributed by atoms with Crippen LogP contribution in [0, 0.1) is 6.92 Å². The highest BCUT2D eigenvalue weighted by atomic mass is 32.1. The van der Waals surface area contributed by atoms with Gasteiger partial charge in [-0.25, -0.2) is 9.78 Å². The van der Waals surface area contributed by atoms with E-state index >= 15 is 0 Å². The maximum Gasteiger partial charge on any atom is 0.338 e. The summed E-state index contributed by atoms with van der Waals surface area (Å²) in [5, 5.41) is 0.798. The molecule has 1 aromatic heterocycles. The van der Waals surface area contributed by atoms with Gasteiger partial charge in [0.05, 0.1) is 25.3 Å². The Bertz CT molecular complexity index is 820. The Morgan fingerprint density at radius 3 is 2.92 bits per heavy atom. The van der Waals surface area contributed by atoms with E-state index in [0.717, 1.165) is 15.4 Å². The molecule has 0 aliphatic carbocycles. The SMILES string of the molecule is COC(=O)c1cc(OC[C@@H]2COCC(=O)N2C)cc(-c2ncc(C)s2)c1. The molecule has 3 rings (SSSR count). The lowest BCUT2D eigenvalue weighted by Gasteiger charge is -2.32. The molecule has 1 aliphatic heterocycles. The van der Waals surface area contributed by atoms with Crippen LogP contribution in [0.5, 0.6) is 5.75 Å². The number of rotatable bonds is 5. The quantitative estimate of drug-likeness (QED) is 0.744. The molecule has 7 nitrogen and oxygen atoms in total. The van der Waals surface area contributed by atoms with E-state index in [1.54, 1.807) is 30.3 Å². The Morgan fingerprint density at radius 2 is 2.23 bits per heavy atom. The summed E-state index contributed by atoms with van der Waals surface area (Å²) in [5.74, 6) is -0.00689. The number of aryl methyl sites for hydroxylation is 1. The average Bonchev–Trinajstić information content (AvgIpc) is 3.08. The number of amides is 1. The van der Waals surface area contributed by atoms with E-state index in [1.165, 1.54) is 18.4 Å². The first-order chi connectivity index (χ1) is 12.5. The number of carbonyl (C=O) groups is 2. The summed E-state index contributed by atoms with van der Waals surface area (Å²) < 4.78 is 16.0. The van der Waals surface area contributed by atoms with Gasteiger partial charge in [0, 0.05) is 23.7 Å². The molecule has 1 atom stereocenters. The lowest BCUT2D eigenvalue weighted by atomic mass is 10.1. The third kappa shape index (κ3) is 4.03. The van der Waals surface area contributed by atoms with Crippen LogP contribution >= 0.6 is 11.3 Å². The molecule has 0 radical (unpaired) electrons. The first-order valence-corrected chi connectivity index (χ1v) is 8.92. The number of nitrogens with zero attached hydrogens (tertiary/aromatic N) is 2. The summed E-state index contributed by atoms with van der Waals surface area (Å²) in [4.78, 5) is 30.8. The molecule has 138 valence electrons. The molecule has 8 heteroatoms. The zero-order chi connectivity index (χ0) is 18.7. The molecule has 0 spiro atoms. The Kier molecular flexibility index (Phi) is 5.53. The van der Waals surface area contributed by atoms with E-state index in [1.807, 2.05) is 13.0 Å². The molecule has 2 heterocycles. The number of methoxy groups -OCH3 is 1. The fraction of sp³-hybridized carbons (Fsp3) is 0.389. The molecule has 0 bridgehead atoms. The van der Waals surface area contributed by atoms with Crippen LogP contribution in [0.2, 0.25) is 0 Å². The minimum Gasteiger partial charge on any atom is -0.491 e. The molecule has 1 saturated heterocycles. The zero-order valence-corrected chi connectivity index (χ0v) is 15.7. The fourth-order valence-electron chi connectivity index (χ4n) is 2.58. The highest BCUT2D eigenvalue weighted by Crippen LogP contribution is 2.30. The van der Waals surface area contributed by atoms with Gasteiger partial charge >= 0.3 is 5.97 Å². The van der Waals surface area contributed by atoms with Crippen molar-refractivity contribution in [3.8, 4) is 16.3 Å². The van der Waals surface area contributed by atoms with Crippen LogP contribution < -0.4 is 4.74 Å². The lowest BCUT2D eigenvalue weighted by Crippen LogP contribution is -2.49. The van der Waals surface area contributed by atoms with Gasteiger partial charge in [0.1, 0.15) is 24.0 Å². The van der Waals surface area contributed by atoms with Gasteiger partial charge in [0.2, 0.25) is 5.91 Å². The number of ether oxygens (including phenoxy) is 3. The smallest absolute Gasteiger partial charge is 0.338 e. The van der Waals surface area contributed by atoms with Crippen LogP contribution in [0.3, 0.4) is 0 Å². The Hall–Kier alpha value is -2.45. The van der Waals surface area contributed by atoms with Gasteiger partial charge in [-0.05, 0) is 25.1 Å². The molecule has 0 unspecified atom stereocenters. The Balaban J connectivity index is 1.83. The van der Waals surface area contributed by atoms with Crippen molar-refractivity contribution in [1.82, 2.24) is 9.88 Å². The van der Waals surface area contributed by atoms with Crippen molar-refractivity contribution < 1.29 is 23.8 Å². The molecule has 1 aromatic carbocycles. The van der Waals surface area contributed by atoms with E-state index in [2.05, 4.69) is 4.98 Å². The number of benzene rings is 1. The average molecular weight is 376 g/mol. The molecule has 2 aromatic rings. The van der Waals surface area contributed by atoms with E-state index < -0.39 is 5.97 Å². The maximum atomic E-state index is 12.0. The van der Waals surface area contributed by atoms with Crippen LogP contribution in [0.25, 0.3) is 10.6 Å². The summed E-state index contributed by atoms with van der Waals surface area (Å²) >= 11 is 1.53. The third-order valence-electron chi connectivity index (χ3n) is 4.12. The largest absolute Gasteiger partial charge is 0.491 e. The highest BCUT2D eigenvalue weighted by molar-refractivity contribution is 7.14. The number of likely N-dealkylation sites (N-methyl/N-ethyl adjacent to an activating group) is 1. The highest BCUT2D eigenvalue weighted by Gasteiger charge is 2.26. The number of thiazole rings is 1. The van der Waals surface area contributed by atoms with E-state index in [4.69, 9.17) is 14.2 Å². The normalized spacial score (nSPS) is 17.3. The summed E-state index contributed by atoms with van der Waals surface area (Å²) in [6, 6.07) is 5.01. The molecule has 26 heavy (non-hydrogen) atoms. The van der Waals surface area contributed by atoms with E-state index in [9.17, 15) is 9.59 Å². The van der Waals surface area contributed by atoms with Crippen molar-refractivity contribution in [2.24, 2.45) is 0 Å². The van der Waals surface area contributed by atoms with Gasteiger partial charge in [-0.15, -0.1) is 11.3 Å². The molecular weight excluding hydrogens is 356 g/mol. The van der Waals surface area contributed by atoms with Gasteiger partial charge in [0.15, 0.2) is 0 Å². The molecule has 1 fully saturated rings. The van der Waals surface area contributed by atoms with Crippen molar-refractivity contribution in [3.63, 3.8) is 0 Å². The van der Waals surface area contributed by atoms with Crippen molar-refractivity contribution in [3.05, 3.63) is 34.8 Å². The number of morpholine rings is 1. The van der Waals surface area contributed by atoms with Crippen molar-refractivity contribution in [1.29, 1.82) is 0 Å². The number of hydrogen-bond donors (Lipinski definition) is 0. The van der Waals surface area contributed by atoms with Crippen LogP contribution in [0.4, 0.5) is 0 Å². The molecular formula is C18H20N2O5S. The van der Waals surface area contributed by atoms with Gasteiger partial charge in [0.25, 0.3) is 0 Å². The second-order valence-corrected chi connectivity index (χ2v) is 7.23. The van der Waals surface area contributed by atoms with Gasteiger partial charge in [-0.2, -0.15) is 0 Å².